The summed E-state index contributed by atoms with van der Waals surface area (Å²) in [6.45, 7) is -1.72. The summed E-state index contributed by atoms with van der Waals surface area (Å²) in [6, 6.07) is 12.7. The van der Waals surface area contributed by atoms with E-state index in [2.05, 4.69) is 10.4 Å². The van der Waals surface area contributed by atoms with Gasteiger partial charge in [0.25, 0.3) is 0 Å². The molecule has 2 aromatic rings. The molecule has 1 heterocycles. The molecule has 0 aliphatic rings. The van der Waals surface area contributed by atoms with Crippen LogP contribution in [0, 0.1) is 0 Å². The molecule has 3 N–H and O–H groups in total. The third kappa shape index (κ3) is 2.40. The Labute approximate surface area is 91.7 Å². The van der Waals surface area contributed by atoms with Crippen LogP contribution < -0.4 is 11.3 Å². The first-order valence-corrected chi connectivity index (χ1v) is 4.63. The van der Waals surface area contributed by atoms with E-state index in [0.29, 0.717) is 5.56 Å². The molecule has 3 nitrogen and oxygen atoms in total. The van der Waals surface area contributed by atoms with E-state index in [1.807, 2.05) is 30.3 Å². The Balaban J connectivity index is 2.31. The number of rotatable bonds is 3. The Morgan fingerprint density at radius 2 is 2.00 bits per heavy atom. The van der Waals surface area contributed by atoms with Gasteiger partial charge in [-0.05, 0) is 17.7 Å². The Morgan fingerprint density at radius 1 is 1.20 bits per heavy atom. The van der Waals surface area contributed by atoms with Gasteiger partial charge >= 0.3 is 0 Å². The van der Waals surface area contributed by atoms with Gasteiger partial charge in [0.1, 0.15) is 0 Å². The predicted octanol–water partition coefficient (Wildman–Crippen LogP) is 1.71. The molecule has 15 heavy (non-hydrogen) atoms. The summed E-state index contributed by atoms with van der Waals surface area (Å²) in [4.78, 5) is 4.23. The lowest BCUT2D eigenvalue weighted by molar-refractivity contribution is 0.741. The minimum atomic E-state index is -1.72. The van der Waals surface area contributed by atoms with Crippen molar-refractivity contribution >= 4 is 0 Å². The minimum Gasteiger partial charge on any atom is -0.271 e. The first-order valence-electron chi connectivity index (χ1n) is 5.63. The van der Waals surface area contributed by atoms with Gasteiger partial charge in [-0.15, -0.1) is 0 Å². The molecule has 2 rings (SSSR count). The number of nitrogens with one attached hydrogen (secondary N) is 1. The molecule has 0 aliphatic heterocycles. The van der Waals surface area contributed by atoms with Crippen molar-refractivity contribution in [3.05, 3.63) is 54.2 Å². The van der Waals surface area contributed by atoms with Gasteiger partial charge in [-0.3, -0.25) is 16.3 Å². The fourth-order valence-electron chi connectivity index (χ4n) is 1.34. The van der Waals surface area contributed by atoms with Crippen LogP contribution in [0.25, 0.3) is 11.3 Å². The lowest BCUT2D eigenvalue weighted by atomic mass is 10.1. The number of benzene rings is 1. The second kappa shape index (κ2) is 4.68. The van der Waals surface area contributed by atoms with Crippen molar-refractivity contribution in [3.8, 4) is 11.3 Å². The first-order chi connectivity index (χ1) is 8.13. The number of hydrogen-bond donors (Lipinski definition) is 2. The van der Waals surface area contributed by atoms with Crippen molar-refractivity contribution in [2.24, 2.45) is 5.84 Å². The number of nitrogens with two attached hydrogens (primary N) is 1. The van der Waals surface area contributed by atoms with E-state index in [1.54, 1.807) is 18.3 Å². The number of hydrazine groups is 1. The molecule has 0 spiro atoms. The van der Waals surface area contributed by atoms with Gasteiger partial charge in [0, 0.05) is 21.0 Å². The topological polar surface area (TPSA) is 50.9 Å². The summed E-state index contributed by atoms with van der Waals surface area (Å²) >= 11 is 0. The average molecular weight is 201 g/mol. The van der Waals surface area contributed by atoms with E-state index in [9.17, 15) is 0 Å². The lowest BCUT2D eigenvalue weighted by Gasteiger charge is -2.02. The molecule has 1 aromatic carbocycles. The minimum absolute atomic E-state index is 0.486. The molecular weight excluding hydrogens is 186 g/mol. The molecule has 0 atom stereocenters. The van der Waals surface area contributed by atoms with Crippen LogP contribution in [-0.2, 0) is 6.50 Å². The van der Waals surface area contributed by atoms with Crippen LogP contribution in [0.5, 0.6) is 0 Å². The average Bonchev–Trinajstić information content (AvgIpc) is 2.40. The van der Waals surface area contributed by atoms with Crippen molar-refractivity contribution in [1.82, 2.24) is 10.4 Å². The highest BCUT2D eigenvalue weighted by atomic mass is 15.2. The van der Waals surface area contributed by atoms with Crippen molar-refractivity contribution in [2.45, 2.75) is 6.50 Å². The third-order valence-corrected chi connectivity index (χ3v) is 2.06. The standard InChI is InChI=1S/C12H13N3/c13-15-9-10-4-6-11(7-5-10)12-3-1-2-8-14-12/h1-8,15H,9,13H2/i9D2. The second-order valence-corrected chi connectivity index (χ2v) is 3.06. The van der Waals surface area contributed by atoms with Crippen molar-refractivity contribution in [1.29, 1.82) is 0 Å². The molecule has 0 fully saturated rings. The summed E-state index contributed by atoms with van der Waals surface area (Å²) in [6.07, 6.45) is 1.73. The number of hydrogen-bond acceptors (Lipinski definition) is 3. The maximum atomic E-state index is 7.61. The van der Waals surface area contributed by atoms with Crippen LogP contribution in [0.4, 0.5) is 0 Å². The van der Waals surface area contributed by atoms with Gasteiger partial charge in [-0.1, -0.05) is 30.3 Å². The van der Waals surface area contributed by atoms with Crippen LogP contribution in [0.2, 0.25) is 0 Å². The Hall–Kier alpha value is -1.71. The number of nitrogens with zero attached hydrogens (tertiary/aromatic N) is 1. The molecule has 0 amide bonds. The van der Waals surface area contributed by atoms with Gasteiger partial charge in [0.05, 0.1) is 5.69 Å². The zero-order chi connectivity index (χ0) is 12.3. The van der Waals surface area contributed by atoms with Gasteiger partial charge in [-0.25, -0.2) is 0 Å². The Kier molecular flexibility index (Phi) is 2.36. The van der Waals surface area contributed by atoms with Crippen molar-refractivity contribution < 1.29 is 2.74 Å². The summed E-state index contributed by atoms with van der Waals surface area (Å²) in [5.41, 5.74) is 4.43. The fraction of sp³-hybridized carbons (Fsp3) is 0.0833. The third-order valence-electron chi connectivity index (χ3n) is 2.06. The highest BCUT2D eigenvalue weighted by Gasteiger charge is 1.97. The van der Waals surface area contributed by atoms with E-state index in [4.69, 9.17) is 8.58 Å². The molecule has 0 bridgehead atoms. The zero-order valence-corrected chi connectivity index (χ0v) is 8.14. The summed E-state index contributed by atoms with van der Waals surface area (Å²) in [5, 5.41) is 0. The second-order valence-electron chi connectivity index (χ2n) is 3.06. The molecule has 0 saturated heterocycles. The van der Waals surface area contributed by atoms with Crippen LogP contribution >= 0.6 is 0 Å². The van der Waals surface area contributed by atoms with Crippen LogP contribution in [0.1, 0.15) is 8.30 Å². The summed E-state index contributed by atoms with van der Waals surface area (Å²) in [7, 11) is 0. The van der Waals surface area contributed by atoms with Crippen molar-refractivity contribution in [2.75, 3.05) is 0 Å². The van der Waals surface area contributed by atoms with Gasteiger partial charge in [-0.2, -0.15) is 0 Å². The molecule has 3 heteroatoms. The lowest BCUT2D eigenvalue weighted by Crippen LogP contribution is -2.20. The molecule has 0 radical (unpaired) electrons. The number of aromatic nitrogens is 1. The monoisotopic (exact) mass is 201 g/mol. The smallest absolute Gasteiger partial charge is 0.0701 e. The highest BCUT2D eigenvalue weighted by Crippen LogP contribution is 2.16. The van der Waals surface area contributed by atoms with E-state index >= 15 is 0 Å². The quantitative estimate of drug-likeness (QED) is 0.587. The number of pyridine rings is 1. The SMILES string of the molecule is [2H]C([2H])(NN)c1ccc(-c2ccccn2)cc1. The van der Waals surface area contributed by atoms with E-state index < -0.39 is 6.50 Å². The molecule has 1 aromatic heterocycles. The molecule has 0 saturated carbocycles. The predicted molar refractivity (Wildman–Crippen MR) is 60.7 cm³/mol. The highest BCUT2D eigenvalue weighted by molar-refractivity contribution is 5.58. The maximum absolute atomic E-state index is 7.61. The van der Waals surface area contributed by atoms with Gasteiger partial charge in [0.15, 0.2) is 0 Å². The summed E-state index contributed by atoms with van der Waals surface area (Å²) in [5.74, 6) is 5.15. The Morgan fingerprint density at radius 3 is 2.60 bits per heavy atom. The largest absolute Gasteiger partial charge is 0.271 e. The first kappa shape index (κ1) is 7.56. The van der Waals surface area contributed by atoms with E-state index in [-0.39, 0.29) is 0 Å². The van der Waals surface area contributed by atoms with Crippen LogP contribution in [0.3, 0.4) is 0 Å². The Bertz CT molecular complexity index is 483. The molecular formula is C12H13N3. The summed E-state index contributed by atoms with van der Waals surface area (Å²) < 4.78 is 15.2. The molecule has 0 aliphatic carbocycles. The van der Waals surface area contributed by atoms with E-state index in [0.717, 1.165) is 11.3 Å². The zero-order valence-electron chi connectivity index (χ0n) is 10.1. The normalized spacial score (nSPS) is 13.1. The van der Waals surface area contributed by atoms with Crippen molar-refractivity contribution in [3.63, 3.8) is 0 Å². The molecule has 76 valence electrons. The van der Waals surface area contributed by atoms with E-state index in [1.165, 1.54) is 0 Å². The van der Waals surface area contributed by atoms with Gasteiger partial charge < -0.3 is 0 Å². The van der Waals surface area contributed by atoms with Crippen LogP contribution in [-0.4, -0.2) is 4.98 Å². The van der Waals surface area contributed by atoms with Gasteiger partial charge in [0.2, 0.25) is 0 Å². The fourth-order valence-corrected chi connectivity index (χ4v) is 1.34. The maximum Gasteiger partial charge on any atom is 0.0701 e. The van der Waals surface area contributed by atoms with Crippen LogP contribution in [0.15, 0.2) is 48.7 Å². The molecule has 0 unspecified atom stereocenters.